The van der Waals surface area contributed by atoms with Crippen molar-refractivity contribution in [3.63, 3.8) is 0 Å². The van der Waals surface area contributed by atoms with Gasteiger partial charge in [0.1, 0.15) is 6.33 Å². The third kappa shape index (κ3) is 5.28. The normalized spacial score (nSPS) is 15.8. The minimum absolute atomic E-state index is 0.400. The highest BCUT2D eigenvalue weighted by molar-refractivity contribution is 4.80. The van der Waals surface area contributed by atoms with Crippen LogP contribution in [0.15, 0.2) is 18.7 Å². The van der Waals surface area contributed by atoms with Gasteiger partial charge in [-0.1, -0.05) is 38.5 Å². The second-order valence-electron chi connectivity index (χ2n) is 3.18. The first-order valence-corrected chi connectivity index (χ1v) is 4.80. The molecule has 1 heterocycles. The van der Waals surface area contributed by atoms with E-state index in [1.807, 2.05) is 0 Å². The van der Waals surface area contributed by atoms with Crippen molar-refractivity contribution in [1.29, 1.82) is 0 Å². The van der Waals surface area contributed by atoms with Crippen molar-refractivity contribution in [3.8, 4) is 0 Å². The number of halogens is 1. The molecule has 1 saturated carbocycles. The zero-order valence-electron chi connectivity index (χ0n) is 7.75. The van der Waals surface area contributed by atoms with E-state index in [1.54, 1.807) is 0 Å². The summed E-state index contributed by atoms with van der Waals surface area (Å²) in [6.07, 6.45) is 12.5. The van der Waals surface area contributed by atoms with E-state index < -0.39 is 5.82 Å². The van der Waals surface area contributed by atoms with Crippen molar-refractivity contribution < 1.29 is 4.39 Å². The van der Waals surface area contributed by atoms with Gasteiger partial charge in [0, 0.05) is 0 Å². The maximum atomic E-state index is 11.8. The number of nitrogens with zero attached hydrogens (tertiary/aromatic N) is 2. The minimum atomic E-state index is -0.400. The van der Waals surface area contributed by atoms with Crippen LogP contribution in [-0.2, 0) is 0 Å². The Kier molecular flexibility index (Phi) is 5.06. The van der Waals surface area contributed by atoms with Crippen molar-refractivity contribution in [2.45, 2.75) is 38.5 Å². The van der Waals surface area contributed by atoms with Crippen LogP contribution in [0.4, 0.5) is 4.39 Å². The molecule has 1 aromatic heterocycles. The van der Waals surface area contributed by atoms with Crippen LogP contribution in [0.5, 0.6) is 0 Å². The second kappa shape index (κ2) is 6.52. The summed E-state index contributed by atoms with van der Waals surface area (Å²) in [7, 11) is 0. The van der Waals surface area contributed by atoms with Crippen LogP contribution in [0.2, 0.25) is 0 Å². The fourth-order valence-electron chi connectivity index (χ4n) is 1.34. The van der Waals surface area contributed by atoms with Gasteiger partial charge in [-0.25, -0.2) is 14.4 Å². The van der Waals surface area contributed by atoms with Crippen molar-refractivity contribution >= 4 is 0 Å². The molecule has 1 aromatic rings. The molecule has 0 amide bonds. The molecular formula is C10H15FN2. The molecule has 0 unspecified atom stereocenters. The van der Waals surface area contributed by atoms with Gasteiger partial charge in [-0.15, -0.1) is 0 Å². The second-order valence-corrected chi connectivity index (χ2v) is 3.18. The van der Waals surface area contributed by atoms with Gasteiger partial charge in [0.2, 0.25) is 0 Å². The molecule has 0 saturated heterocycles. The van der Waals surface area contributed by atoms with E-state index in [0.29, 0.717) is 0 Å². The van der Waals surface area contributed by atoms with Gasteiger partial charge in [0.25, 0.3) is 0 Å². The van der Waals surface area contributed by atoms with E-state index in [0.717, 1.165) is 12.4 Å². The van der Waals surface area contributed by atoms with E-state index in [1.165, 1.54) is 44.9 Å². The molecule has 0 spiro atoms. The summed E-state index contributed by atoms with van der Waals surface area (Å²) in [5.41, 5.74) is 0. The van der Waals surface area contributed by atoms with E-state index >= 15 is 0 Å². The van der Waals surface area contributed by atoms with E-state index in [2.05, 4.69) is 9.97 Å². The van der Waals surface area contributed by atoms with Gasteiger partial charge in [-0.2, -0.15) is 0 Å². The number of hydrogen-bond acceptors (Lipinski definition) is 2. The third-order valence-corrected chi connectivity index (χ3v) is 2.03. The first-order chi connectivity index (χ1) is 6.39. The number of rotatable bonds is 0. The highest BCUT2D eigenvalue weighted by atomic mass is 19.1. The molecular weight excluding hydrogens is 167 g/mol. The molecule has 2 rings (SSSR count). The first kappa shape index (κ1) is 10.1. The smallest absolute Gasteiger partial charge is 0.159 e. The average molecular weight is 182 g/mol. The first-order valence-electron chi connectivity index (χ1n) is 4.80. The van der Waals surface area contributed by atoms with E-state index in [-0.39, 0.29) is 0 Å². The molecule has 72 valence electrons. The molecule has 0 bridgehead atoms. The lowest BCUT2D eigenvalue weighted by atomic mass is 10.0. The Morgan fingerprint density at radius 2 is 1.23 bits per heavy atom. The Labute approximate surface area is 78.2 Å². The summed E-state index contributed by atoms with van der Waals surface area (Å²) < 4.78 is 11.8. The third-order valence-electron chi connectivity index (χ3n) is 2.03. The van der Waals surface area contributed by atoms with Crippen LogP contribution in [0.1, 0.15) is 38.5 Å². The van der Waals surface area contributed by atoms with Crippen LogP contribution in [0.25, 0.3) is 0 Å². The van der Waals surface area contributed by atoms with E-state index in [4.69, 9.17) is 0 Å². The Morgan fingerprint density at radius 1 is 0.846 bits per heavy atom. The van der Waals surface area contributed by atoms with E-state index in [9.17, 15) is 4.39 Å². The SMILES string of the molecule is C1CCCCC1.Fc1cncnc1. The molecule has 1 fully saturated rings. The predicted molar refractivity (Wildman–Crippen MR) is 49.7 cm³/mol. The molecule has 3 heteroatoms. The van der Waals surface area contributed by atoms with Crippen molar-refractivity contribution in [3.05, 3.63) is 24.5 Å². The zero-order valence-corrected chi connectivity index (χ0v) is 7.75. The van der Waals surface area contributed by atoms with Crippen LogP contribution in [0.3, 0.4) is 0 Å². The summed E-state index contributed by atoms with van der Waals surface area (Å²) in [6, 6.07) is 0. The van der Waals surface area contributed by atoms with Gasteiger partial charge in [0.05, 0.1) is 12.4 Å². The van der Waals surface area contributed by atoms with Crippen molar-refractivity contribution in [2.24, 2.45) is 0 Å². The molecule has 2 nitrogen and oxygen atoms in total. The van der Waals surface area contributed by atoms with Gasteiger partial charge < -0.3 is 0 Å². The topological polar surface area (TPSA) is 25.8 Å². The number of hydrogen-bond donors (Lipinski definition) is 0. The maximum Gasteiger partial charge on any atom is 0.159 e. The molecule has 0 aliphatic heterocycles. The van der Waals surface area contributed by atoms with Gasteiger partial charge in [-0.3, -0.25) is 0 Å². The number of aromatic nitrogens is 2. The quantitative estimate of drug-likeness (QED) is 0.616. The summed E-state index contributed by atoms with van der Waals surface area (Å²) in [6.45, 7) is 0. The molecule has 0 aromatic carbocycles. The van der Waals surface area contributed by atoms with Crippen LogP contribution < -0.4 is 0 Å². The molecule has 0 radical (unpaired) electrons. The summed E-state index contributed by atoms with van der Waals surface area (Å²) >= 11 is 0. The Hall–Kier alpha value is -0.990. The molecule has 1 aliphatic carbocycles. The summed E-state index contributed by atoms with van der Waals surface area (Å²) in [5, 5.41) is 0. The monoisotopic (exact) mass is 182 g/mol. The van der Waals surface area contributed by atoms with Gasteiger partial charge in [-0.05, 0) is 0 Å². The molecule has 0 N–H and O–H groups in total. The van der Waals surface area contributed by atoms with Gasteiger partial charge >= 0.3 is 0 Å². The maximum absolute atomic E-state index is 11.8. The van der Waals surface area contributed by atoms with Gasteiger partial charge in [0.15, 0.2) is 5.82 Å². The summed E-state index contributed by atoms with van der Waals surface area (Å²) in [4.78, 5) is 6.80. The standard InChI is InChI=1S/C6H12.C4H3FN2/c1-2-4-6-5-3-1;5-4-1-6-3-7-2-4/h1-6H2;1-3H. The Morgan fingerprint density at radius 3 is 1.46 bits per heavy atom. The van der Waals surface area contributed by atoms with Crippen LogP contribution >= 0.6 is 0 Å². The molecule has 1 aliphatic rings. The minimum Gasteiger partial charge on any atom is -0.242 e. The van der Waals surface area contributed by atoms with Crippen molar-refractivity contribution in [1.82, 2.24) is 9.97 Å². The Balaban J connectivity index is 0.000000132. The average Bonchev–Trinajstić information content (AvgIpc) is 2.22. The lowest BCUT2D eigenvalue weighted by Gasteiger charge is -2.05. The lowest BCUT2D eigenvalue weighted by Crippen LogP contribution is -1.85. The van der Waals surface area contributed by atoms with Crippen LogP contribution in [-0.4, -0.2) is 9.97 Å². The fraction of sp³-hybridized carbons (Fsp3) is 0.600. The lowest BCUT2D eigenvalue weighted by molar-refractivity contribution is 0.504. The molecule has 0 atom stereocenters. The van der Waals surface area contributed by atoms with Crippen LogP contribution in [0, 0.1) is 5.82 Å². The van der Waals surface area contributed by atoms with Crippen molar-refractivity contribution in [2.75, 3.05) is 0 Å². The summed E-state index contributed by atoms with van der Waals surface area (Å²) in [5.74, 6) is -0.400. The Bertz CT molecular complexity index is 198. The fourth-order valence-corrected chi connectivity index (χ4v) is 1.34. The highest BCUT2D eigenvalue weighted by Crippen LogP contribution is 2.15. The predicted octanol–water partition coefficient (Wildman–Crippen LogP) is 2.96. The molecule has 13 heavy (non-hydrogen) atoms. The zero-order chi connectivity index (χ0) is 9.36. The highest BCUT2D eigenvalue weighted by Gasteiger charge is 1.95. The largest absolute Gasteiger partial charge is 0.242 e.